The van der Waals surface area contributed by atoms with Crippen LogP contribution < -0.4 is 5.32 Å². The lowest BCUT2D eigenvalue weighted by molar-refractivity contribution is -0.171. The fourth-order valence-corrected chi connectivity index (χ4v) is 3.87. The number of nitrogens with zero attached hydrogens (tertiary/aromatic N) is 1. The Morgan fingerprint density at radius 1 is 1.25 bits per heavy atom. The van der Waals surface area contributed by atoms with Crippen LogP contribution in [0.1, 0.15) is 25.7 Å². The van der Waals surface area contributed by atoms with Crippen LogP contribution in [0.4, 0.5) is 0 Å². The first-order valence-corrected chi connectivity index (χ1v) is 6.81. The highest BCUT2D eigenvalue weighted by Crippen LogP contribution is 2.45. The summed E-state index contributed by atoms with van der Waals surface area (Å²) in [6.45, 7) is 5.79. The molecule has 0 radical (unpaired) electrons. The highest BCUT2D eigenvalue weighted by Gasteiger charge is 2.52. The Labute approximate surface area is 98.5 Å². The first-order chi connectivity index (χ1) is 7.81. The Bertz CT molecular complexity index is 246. The Morgan fingerprint density at radius 2 is 2.12 bits per heavy atom. The van der Waals surface area contributed by atoms with E-state index in [1.807, 2.05) is 0 Å². The number of rotatable bonds is 2. The molecule has 3 rings (SSSR count). The van der Waals surface area contributed by atoms with Crippen molar-refractivity contribution in [2.45, 2.75) is 31.7 Å². The maximum atomic E-state index is 5.58. The van der Waals surface area contributed by atoms with Crippen LogP contribution in [0.2, 0.25) is 0 Å². The van der Waals surface area contributed by atoms with Crippen LogP contribution in [0.15, 0.2) is 0 Å². The molecule has 0 aromatic carbocycles. The summed E-state index contributed by atoms with van der Waals surface area (Å²) in [5.41, 5.74) is 0.477. The van der Waals surface area contributed by atoms with Gasteiger partial charge in [0.25, 0.3) is 0 Å². The Balaban J connectivity index is 1.73. The molecular weight excluding hydrogens is 200 g/mol. The molecule has 0 spiro atoms. The van der Waals surface area contributed by atoms with Gasteiger partial charge in [-0.15, -0.1) is 0 Å². The molecule has 3 heterocycles. The summed E-state index contributed by atoms with van der Waals surface area (Å²) in [5, 5.41) is 3.71. The molecule has 0 aromatic heterocycles. The van der Waals surface area contributed by atoms with E-state index in [4.69, 9.17) is 4.74 Å². The summed E-state index contributed by atoms with van der Waals surface area (Å²) in [4.78, 5) is 2.50. The summed E-state index contributed by atoms with van der Waals surface area (Å²) in [5.74, 6) is 0.857. The van der Waals surface area contributed by atoms with Crippen molar-refractivity contribution in [1.29, 1.82) is 0 Å². The zero-order valence-electron chi connectivity index (χ0n) is 10.4. The van der Waals surface area contributed by atoms with Crippen molar-refractivity contribution in [3.8, 4) is 0 Å². The molecular formula is C13H24N2O. The second-order valence-corrected chi connectivity index (χ2v) is 5.98. The van der Waals surface area contributed by atoms with E-state index in [9.17, 15) is 0 Å². The lowest BCUT2D eigenvalue weighted by Crippen LogP contribution is -2.61. The topological polar surface area (TPSA) is 24.5 Å². The zero-order valence-corrected chi connectivity index (χ0v) is 10.4. The van der Waals surface area contributed by atoms with Gasteiger partial charge in [0.2, 0.25) is 0 Å². The van der Waals surface area contributed by atoms with E-state index in [1.165, 1.54) is 45.3 Å². The van der Waals surface area contributed by atoms with Crippen LogP contribution in [-0.4, -0.2) is 50.8 Å². The van der Waals surface area contributed by atoms with Gasteiger partial charge in [-0.3, -0.25) is 0 Å². The summed E-state index contributed by atoms with van der Waals surface area (Å²) in [6, 6.07) is 0.734. The van der Waals surface area contributed by atoms with Gasteiger partial charge in [-0.05, 0) is 51.7 Å². The molecule has 2 unspecified atom stereocenters. The summed E-state index contributed by atoms with van der Waals surface area (Å²) in [6.07, 6.45) is 5.50. The average Bonchev–Trinajstić information content (AvgIpc) is 2.70. The standard InChI is InChI=1S/C13H24N2O/c1-15-7-3-4-11(8-15)13(9-16-10-13)12-5-2-6-14-12/h11-12,14H,2-10H2,1H3. The zero-order chi connectivity index (χ0) is 11.0. The molecule has 3 saturated heterocycles. The van der Waals surface area contributed by atoms with Gasteiger partial charge in [-0.1, -0.05) is 0 Å². The monoisotopic (exact) mass is 224 g/mol. The predicted octanol–water partition coefficient (Wildman–Crippen LogP) is 1.10. The summed E-state index contributed by atoms with van der Waals surface area (Å²) < 4.78 is 5.58. The van der Waals surface area contributed by atoms with E-state index in [1.54, 1.807) is 0 Å². The van der Waals surface area contributed by atoms with E-state index in [0.29, 0.717) is 5.41 Å². The Morgan fingerprint density at radius 3 is 2.69 bits per heavy atom. The highest BCUT2D eigenvalue weighted by atomic mass is 16.5. The molecule has 3 heteroatoms. The van der Waals surface area contributed by atoms with Crippen molar-refractivity contribution in [2.75, 3.05) is 39.9 Å². The molecule has 3 aliphatic rings. The van der Waals surface area contributed by atoms with Gasteiger partial charge in [0.1, 0.15) is 0 Å². The predicted molar refractivity (Wildman–Crippen MR) is 64.5 cm³/mol. The molecule has 3 fully saturated rings. The van der Waals surface area contributed by atoms with Crippen molar-refractivity contribution < 1.29 is 4.74 Å². The van der Waals surface area contributed by atoms with Crippen LogP contribution in [0, 0.1) is 11.3 Å². The fraction of sp³-hybridized carbons (Fsp3) is 1.00. The van der Waals surface area contributed by atoms with Crippen molar-refractivity contribution >= 4 is 0 Å². The Hall–Kier alpha value is -0.120. The molecule has 3 aliphatic heterocycles. The summed E-state index contributed by atoms with van der Waals surface area (Å²) in [7, 11) is 2.27. The van der Waals surface area contributed by atoms with E-state index < -0.39 is 0 Å². The number of hydrogen-bond acceptors (Lipinski definition) is 3. The van der Waals surface area contributed by atoms with Crippen molar-refractivity contribution in [1.82, 2.24) is 10.2 Å². The normalized spacial score (nSPS) is 39.6. The van der Waals surface area contributed by atoms with Crippen molar-refractivity contribution in [3.63, 3.8) is 0 Å². The second-order valence-electron chi connectivity index (χ2n) is 5.98. The molecule has 3 nitrogen and oxygen atoms in total. The summed E-state index contributed by atoms with van der Waals surface area (Å²) >= 11 is 0. The lowest BCUT2D eigenvalue weighted by Gasteiger charge is -2.53. The average molecular weight is 224 g/mol. The smallest absolute Gasteiger partial charge is 0.0563 e. The van der Waals surface area contributed by atoms with Gasteiger partial charge < -0.3 is 15.0 Å². The second kappa shape index (κ2) is 4.28. The minimum absolute atomic E-state index is 0.477. The van der Waals surface area contributed by atoms with Gasteiger partial charge >= 0.3 is 0 Å². The van der Waals surface area contributed by atoms with E-state index >= 15 is 0 Å². The quantitative estimate of drug-likeness (QED) is 0.760. The van der Waals surface area contributed by atoms with Crippen LogP contribution >= 0.6 is 0 Å². The minimum atomic E-state index is 0.477. The largest absolute Gasteiger partial charge is 0.380 e. The maximum absolute atomic E-state index is 5.58. The van der Waals surface area contributed by atoms with Crippen molar-refractivity contribution in [3.05, 3.63) is 0 Å². The molecule has 1 N–H and O–H groups in total. The molecule has 16 heavy (non-hydrogen) atoms. The third-order valence-corrected chi connectivity index (χ3v) is 4.93. The van der Waals surface area contributed by atoms with Gasteiger partial charge in [0.15, 0.2) is 0 Å². The number of nitrogens with one attached hydrogen (secondary N) is 1. The number of hydrogen-bond donors (Lipinski definition) is 1. The number of ether oxygens (including phenoxy) is 1. The third kappa shape index (κ3) is 1.69. The van der Waals surface area contributed by atoms with Gasteiger partial charge in [-0.25, -0.2) is 0 Å². The molecule has 2 atom stereocenters. The molecule has 0 aromatic rings. The van der Waals surface area contributed by atoms with Gasteiger partial charge in [0.05, 0.1) is 13.2 Å². The number of piperidine rings is 1. The molecule has 0 bridgehead atoms. The maximum Gasteiger partial charge on any atom is 0.0563 e. The van der Waals surface area contributed by atoms with Crippen LogP contribution in [0.5, 0.6) is 0 Å². The van der Waals surface area contributed by atoms with E-state index in [-0.39, 0.29) is 0 Å². The van der Waals surface area contributed by atoms with Crippen LogP contribution in [0.25, 0.3) is 0 Å². The van der Waals surface area contributed by atoms with Crippen molar-refractivity contribution in [2.24, 2.45) is 11.3 Å². The lowest BCUT2D eigenvalue weighted by atomic mass is 9.65. The van der Waals surface area contributed by atoms with E-state index in [0.717, 1.165) is 25.2 Å². The third-order valence-electron chi connectivity index (χ3n) is 4.93. The fourth-order valence-electron chi connectivity index (χ4n) is 3.87. The molecule has 92 valence electrons. The van der Waals surface area contributed by atoms with Crippen LogP contribution in [0.3, 0.4) is 0 Å². The first-order valence-electron chi connectivity index (χ1n) is 6.81. The minimum Gasteiger partial charge on any atom is -0.380 e. The Kier molecular flexibility index (Phi) is 2.94. The van der Waals surface area contributed by atoms with Gasteiger partial charge in [-0.2, -0.15) is 0 Å². The first kappa shape index (κ1) is 11.0. The molecule has 0 amide bonds. The van der Waals surface area contributed by atoms with Crippen LogP contribution in [-0.2, 0) is 4.74 Å². The highest BCUT2D eigenvalue weighted by molar-refractivity contribution is 5.03. The molecule has 0 saturated carbocycles. The van der Waals surface area contributed by atoms with E-state index in [2.05, 4.69) is 17.3 Å². The molecule has 0 aliphatic carbocycles. The SMILES string of the molecule is CN1CCCC(C2(C3CCCN3)COC2)C1. The van der Waals surface area contributed by atoms with Gasteiger partial charge in [0, 0.05) is 18.0 Å². The number of likely N-dealkylation sites (tertiary alicyclic amines) is 1.